The fourth-order valence-electron chi connectivity index (χ4n) is 2.43. The molecule has 0 radical (unpaired) electrons. The van der Waals surface area contributed by atoms with Crippen LogP contribution in [0.25, 0.3) is 0 Å². The average Bonchev–Trinajstić information content (AvgIpc) is 2.80. The molecule has 1 aromatic heterocycles. The number of primary amides is 1. The van der Waals surface area contributed by atoms with Crippen molar-refractivity contribution in [2.45, 2.75) is 46.2 Å². The van der Waals surface area contributed by atoms with E-state index in [2.05, 4.69) is 42.0 Å². The molecule has 1 aromatic rings. The van der Waals surface area contributed by atoms with Crippen molar-refractivity contribution in [2.24, 2.45) is 11.1 Å². The van der Waals surface area contributed by atoms with Gasteiger partial charge in [0.05, 0.1) is 5.41 Å². The first-order chi connectivity index (χ1) is 9.70. The number of hydrogen-bond donors (Lipinski definition) is 2. The number of hydrogen-bond acceptors (Lipinski definition) is 4. The van der Waals surface area contributed by atoms with E-state index in [1.165, 1.54) is 0 Å². The van der Waals surface area contributed by atoms with E-state index in [0.717, 1.165) is 30.9 Å². The topological polar surface area (TPSA) is 71.2 Å². The SMILES string of the molecule is CC(C)(C)NCc1ccc(N2CCC(C)(C(N)=O)C2)nc1. The largest absolute Gasteiger partial charge is 0.369 e. The average molecular weight is 290 g/mol. The lowest BCUT2D eigenvalue weighted by Gasteiger charge is -2.22. The maximum absolute atomic E-state index is 11.5. The maximum Gasteiger partial charge on any atom is 0.225 e. The minimum atomic E-state index is -0.436. The van der Waals surface area contributed by atoms with E-state index in [9.17, 15) is 4.79 Å². The third-order valence-electron chi connectivity index (χ3n) is 4.02. The van der Waals surface area contributed by atoms with Crippen LogP contribution in [0, 0.1) is 5.41 Å². The molecule has 1 aliphatic rings. The Morgan fingerprint density at radius 1 is 1.48 bits per heavy atom. The molecule has 1 atom stereocenters. The second-order valence-corrected chi connectivity index (χ2v) is 7.22. The molecule has 1 saturated heterocycles. The Hall–Kier alpha value is -1.62. The monoisotopic (exact) mass is 290 g/mol. The first-order valence-corrected chi connectivity index (χ1v) is 7.44. The highest BCUT2D eigenvalue weighted by Crippen LogP contribution is 2.31. The fraction of sp³-hybridized carbons (Fsp3) is 0.625. The van der Waals surface area contributed by atoms with Crippen molar-refractivity contribution in [1.29, 1.82) is 0 Å². The summed E-state index contributed by atoms with van der Waals surface area (Å²) in [6.45, 7) is 10.6. The molecule has 21 heavy (non-hydrogen) atoms. The van der Waals surface area contributed by atoms with Crippen molar-refractivity contribution in [2.75, 3.05) is 18.0 Å². The third kappa shape index (κ3) is 3.94. The first-order valence-electron chi connectivity index (χ1n) is 7.44. The maximum atomic E-state index is 11.5. The van der Waals surface area contributed by atoms with Crippen LogP contribution in [-0.4, -0.2) is 29.5 Å². The molecule has 3 N–H and O–H groups in total. The van der Waals surface area contributed by atoms with Gasteiger partial charge in [0.25, 0.3) is 0 Å². The van der Waals surface area contributed by atoms with Gasteiger partial charge in [-0.25, -0.2) is 4.98 Å². The predicted molar refractivity (Wildman–Crippen MR) is 85.0 cm³/mol. The van der Waals surface area contributed by atoms with E-state index in [4.69, 9.17) is 5.73 Å². The number of nitrogens with one attached hydrogen (secondary N) is 1. The van der Waals surface area contributed by atoms with Gasteiger partial charge in [0.2, 0.25) is 5.91 Å². The molecule has 2 rings (SSSR count). The molecular formula is C16H26N4O. The highest BCUT2D eigenvalue weighted by atomic mass is 16.1. The summed E-state index contributed by atoms with van der Waals surface area (Å²) < 4.78 is 0. The van der Waals surface area contributed by atoms with Crippen LogP contribution in [0.5, 0.6) is 0 Å². The molecule has 2 heterocycles. The number of nitrogens with zero attached hydrogens (tertiary/aromatic N) is 2. The van der Waals surface area contributed by atoms with Gasteiger partial charge in [-0.05, 0) is 45.7 Å². The summed E-state index contributed by atoms with van der Waals surface area (Å²) >= 11 is 0. The summed E-state index contributed by atoms with van der Waals surface area (Å²) in [5.74, 6) is 0.690. The summed E-state index contributed by atoms with van der Waals surface area (Å²) in [5, 5.41) is 3.44. The summed E-state index contributed by atoms with van der Waals surface area (Å²) in [7, 11) is 0. The van der Waals surface area contributed by atoms with Gasteiger partial charge in [0.1, 0.15) is 5.82 Å². The quantitative estimate of drug-likeness (QED) is 0.885. The van der Waals surface area contributed by atoms with E-state index in [-0.39, 0.29) is 11.4 Å². The Bertz CT molecular complexity index is 506. The molecule has 0 aliphatic carbocycles. The summed E-state index contributed by atoms with van der Waals surface area (Å²) in [6.07, 6.45) is 2.69. The number of carbonyl (C=O) groups is 1. The zero-order chi connectivity index (χ0) is 15.7. The van der Waals surface area contributed by atoms with Gasteiger partial charge >= 0.3 is 0 Å². The number of aromatic nitrogens is 1. The normalized spacial score (nSPS) is 22.6. The van der Waals surface area contributed by atoms with E-state index in [1.54, 1.807) is 0 Å². The van der Waals surface area contributed by atoms with Crippen molar-refractivity contribution < 1.29 is 4.79 Å². The van der Waals surface area contributed by atoms with E-state index < -0.39 is 5.41 Å². The lowest BCUT2D eigenvalue weighted by atomic mass is 9.89. The van der Waals surface area contributed by atoms with Crippen molar-refractivity contribution in [3.8, 4) is 0 Å². The smallest absolute Gasteiger partial charge is 0.225 e. The third-order valence-corrected chi connectivity index (χ3v) is 4.02. The molecule has 0 spiro atoms. The Morgan fingerprint density at radius 2 is 2.19 bits per heavy atom. The molecule has 5 nitrogen and oxygen atoms in total. The molecule has 0 saturated carbocycles. The Morgan fingerprint density at radius 3 is 2.67 bits per heavy atom. The minimum Gasteiger partial charge on any atom is -0.369 e. The summed E-state index contributed by atoms with van der Waals surface area (Å²) in [4.78, 5) is 18.2. The standard InChI is InChI=1S/C16H26N4O/c1-15(2,3)19-10-12-5-6-13(18-9-12)20-8-7-16(4,11-20)14(17)21/h5-6,9,19H,7-8,10-11H2,1-4H3,(H2,17,21). The zero-order valence-electron chi connectivity index (χ0n) is 13.4. The number of pyridine rings is 1. The number of rotatable bonds is 4. The van der Waals surface area contributed by atoms with Gasteiger partial charge in [0.15, 0.2) is 0 Å². The van der Waals surface area contributed by atoms with Crippen molar-refractivity contribution >= 4 is 11.7 Å². The second kappa shape index (κ2) is 5.64. The van der Waals surface area contributed by atoms with Crippen molar-refractivity contribution in [3.05, 3.63) is 23.9 Å². The van der Waals surface area contributed by atoms with Gasteiger partial charge in [0, 0.05) is 31.4 Å². The molecule has 1 unspecified atom stereocenters. The molecule has 1 amide bonds. The fourth-order valence-corrected chi connectivity index (χ4v) is 2.43. The van der Waals surface area contributed by atoms with E-state index in [0.29, 0.717) is 6.54 Å². The molecule has 116 valence electrons. The first kappa shape index (κ1) is 15.8. The molecule has 0 aromatic carbocycles. The second-order valence-electron chi connectivity index (χ2n) is 7.22. The Balaban J connectivity index is 1.99. The van der Waals surface area contributed by atoms with Crippen molar-refractivity contribution in [1.82, 2.24) is 10.3 Å². The number of amides is 1. The lowest BCUT2D eigenvalue weighted by Crippen LogP contribution is -2.37. The Kier molecular flexibility index (Phi) is 4.23. The molecule has 0 bridgehead atoms. The van der Waals surface area contributed by atoms with Gasteiger partial charge in [-0.2, -0.15) is 0 Å². The predicted octanol–water partition coefficient (Wildman–Crippen LogP) is 1.67. The zero-order valence-corrected chi connectivity index (χ0v) is 13.4. The Labute approximate surface area is 126 Å². The van der Waals surface area contributed by atoms with Crippen LogP contribution in [0.2, 0.25) is 0 Å². The molecule has 1 aliphatic heterocycles. The van der Waals surface area contributed by atoms with Gasteiger partial charge in [-0.3, -0.25) is 4.79 Å². The summed E-state index contributed by atoms with van der Waals surface area (Å²) in [6, 6.07) is 4.10. The highest BCUT2D eigenvalue weighted by Gasteiger charge is 2.39. The minimum absolute atomic E-state index is 0.0942. The van der Waals surface area contributed by atoms with E-state index in [1.807, 2.05) is 19.2 Å². The summed E-state index contributed by atoms with van der Waals surface area (Å²) in [5.41, 5.74) is 6.30. The van der Waals surface area contributed by atoms with Crippen LogP contribution < -0.4 is 16.0 Å². The molecule has 1 fully saturated rings. The van der Waals surface area contributed by atoms with Crippen LogP contribution in [0.1, 0.15) is 39.7 Å². The molecular weight excluding hydrogens is 264 g/mol. The lowest BCUT2D eigenvalue weighted by molar-refractivity contribution is -0.125. The van der Waals surface area contributed by atoms with Crippen LogP contribution >= 0.6 is 0 Å². The van der Waals surface area contributed by atoms with Crippen molar-refractivity contribution in [3.63, 3.8) is 0 Å². The van der Waals surface area contributed by atoms with Crippen LogP contribution in [-0.2, 0) is 11.3 Å². The number of anilines is 1. The number of nitrogens with two attached hydrogens (primary N) is 1. The van der Waals surface area contributed by atoms with Gasteiger partial charge < -0.3 is 16.0 Å². The number of carbonyl (C=O) groups excluding carboxylic acids is 1. The van der Waals surface area contributed by atoms with Crippen LogP contribution in [0.15, 0.2) is 18.3 Å². The molecule has 5 heteroatoms. The van der Waals surface area contributed by atoms with Gasteiger partial charge in [-0.1, -0.05) is 6.07 Å². The van der Waals surface area contributed by atoms with Crippen LogP contribution in [0.3, 0.4) is 0 Å². The van der Waals surface area contributed by atoms with E-state index >= 15 is 0 Å². The van der Waals surface area contributed by atoms with Crippen LogP contribution in [0.4, 0.5) is 5.82 Å². The highest BCUT2D eigenvalue weighted by molar-refractivity contribution is 5.82. The van der Waals surface area contributed by atoms with Gasteiger partial charge in [-0.15, -0.1) is 0 Å².